The van der Waals surface area contributed by atoms with Crippen molar-refractivity contribution in [1.82, 2.24) is 24.4 Å². The number of aliphatic hydroxyl groups excluding tert-OH is 1. The van der Waals surface area contributed by atoms with Crippen LogP contribution >= 0.6 is 0 Å². The molecule has 0 unspecified atom stereocenters. The molecule has 3 heterocycles. The monoisotopic (exact) mass is 428 g/mol. The van der Waals surface area contributed by atoms with Crippen molar-refractivity contribution in [2.24, 2.45) is 7.05 Å². The van der Waals surface area contributed by atoms with Crippen molar-refractivity contribution >= 4 is 17.1 Å². The number of aliphatic hydroxyl groups is 1. The van der Waals surface area contributed by atoms with Crippen LogP contribution in [0.15, 0.2) is 33.9 Å². The number of hydrogen-bond acceptors (Lipinski definition) is 7. The number of rotatable bonds is 7. The number of benzene rings is 1. The minimum absolute atomic E-state index is 0.0653. The van der Waals surface area contributed by atoms with Crippen molar-refractivity contribution in [1.29, 1.82) is 0 Å². The third kappa shape index (κ3) is 4.35. The zero-order chi connectivity index (χ0) is 22.0. The van der Waals surface area contributed by atoms with E-state index in [0.717, 1.165) is 19.5 Å². The second-order valence-electron chi connectivity index (χ2n) is 7.71. The number of aromatic nitrogens is 4. The normalized spacial score (nSPS) is 15.4. The Balaban J connectivity index is 1.62. The van der Waals surface area contributed by atoms with Gasteiger partial charge >= 0.3 is 5.69 Å². The average molecular weight is 428 g/mol. The Morgan fingerprint density at radius 2 is 1.90 bits per heavy atom. The van der Waals surface area contributed by atoms with Crippen molar-refractivity contribution < 1.29 is 9.84 Å². The summed E-state index contributed by atoms with van der Waals surface area (Å²) in [6.45, 7) is 5.27. The topological polar surface area (TPSA) is 117 Å². The van der Waals surface area contributed by atoms with Gasteiger partial charge in [0.25, 0.3) is 5.56 Å². The molecule has 3 aromatic rings. The second kappa shape index (κ2) is 8.94. The molecule has 1 atom stereocenters. The molecule has 3 N–H and O–H groups in total. The summed E-state index contributed by atoms with van der Waals surface area (Å²) in [6, 6.07) is 7.75. The van der Waals surface area contributed by atoms with Gasteiger partial charge in [-0.05, 0) is 24.1 Å². The van der Waals surface area contributed by atoms with Crippen LogP contribution in [0.3, 0.4) is 0 Å². The molecular weight excluding hydrogens is 400 g/mol. The molecule has 1 aliphatic heterocycles. The Bertz CT molecular complexity index is 1160. The van der Waals surface area contributed by atoms with Crippen molar-refractivity contribution in [2.75, 3.05) is 37.7 Å². The Kier molecular flexibility index (Phi) is 6.10. The molecule has 0 aliphatic carbocycles. The van der Waals surface area contributed by atoms with Crippen LogP contribution in [0.5, 0.6) is 5.75 Å². The molecule has 1 aromatic carbocycles. The quantitative estimate of drug-likeness (QED) is 0.478. The summed E-state index contributed by atoms with van der Waals surface area (Å²) < 4.78 is 8.74. The zero-order valence-corrected chi connectivity index (χ0v) is 17.8. The van der Waals surface area contributed by atoms with E-state index >= 15 is 0 Å². The molecule has 0 radical (unpaired) electrons. The first-order valence-electron chi connectivity index (χ1n) is 10.5. The van der Waals surface area contributed by atoms with E-state index in [2.05, 4.69) is 27.1 Å². The van der Waals surface area contributed by atoms with E-state index in [-0.39, 0.29) is 18.7 Å². The lowest BCUT2D eigenvalue weighted by atomic mass is 10.2. The number of nitrogens with one attached hydrogen (secondary N) is 2. The van der Waals surface area contributed by atoms with Crippen LogP contribution in [0.1, 0.15) is 12.5 Å². The molecule has 2 aromatic heterocycles. The number of ether oxygens (including phenoxy) is 1. The number of nitrogens with zero attached hydrogens (tertiary/aromatic N) is 4. The van der Waals surface area contributed by atoms with Crippen molar-refractivity contribution in [3.05, 3.63) is 50.7 Å². The van der Waals surface area contributed by atoms with Crippen LogP contribution < -0.4 is 26.2 Å². The Hall–Kier alpha value is -3.11. The fraction of sp³-hybridized carbons (Fsp3) is 0.476. The molecule has 0 bridgehead atoms. The third-order valence-corrected chi connectivity index (χ3v) is 5.55. The van der Waals surface area contributed by atoms with Crippen LogP contribution in [0.4, 0.5) is 5.95 Å². The summed E-state index contributed by atoms with van der Waals surface area (Å²) in [5.74, 6) is 1.24. The summed E-state index contributed by atoms with van der Waals surface area (Å²) in [6.07, 6.45) is 0.0733. The first-order valence-corrected chi connectivity index (χ1v) is 10.5. The highest BCUT2D eigenvalue weighted by Crippen LogP contribution is 2.21. The number of fused-ring (bicyclic) bond motifs is 1. The lowest BCUT2D eigenvalue weighted by molar-refractivity contribution is 0.0936. The number of piperazine rings is 1. The van der Waals surface area contributed by atoms with Gasteiger partial charge in [-0.25, -0.2) is 4.79 Å². The lowest BCUT2D eigenvalue weighted by Gasteiger charge is -2.29. The number of imidazole rings is 1. The van der Waals surface area contributed by atoms with Crippen LogP contribution in [0, 0.1) is 0 Å². The Labute approximate surface area is 179 Å². The van der Waals surface area contributed by atoms with E-state index in [1.807, 2.05) is 24.3 Å². The molecule has 0 saturated carbocycles. The summed E-state index contributed by atoms with van der Waals surface area (Å²) in [7, 11) is 1.57. The van der Waals surface area contributed by atoms with E-state index in [0.29, 0.717) is 30.4 Å². The molecule has 1 aliphatic rings. The maximum atomic E-state index is 12.6. The summed E-state index contributed by atoms with van der Waals surface area (Å²) in [5.41, 5.74) is 0.736. The summed E-state index contributed by atoms with van der Waals surface area (Å²) >= 11 is 0. The zero-order valence-electron chi connectivity index (χ0n) is 17.8. The highest BCUT2D eigenvalue weighted by Gasteiger charge is 2.24. The Morgan fingerprint density at radius 3 is 2.58 bits per heavy atom. The van der Waals surface area contributed by atoms with Crippen molar-refractivity contribution in [3.63, 3.8) is 0 Å². The van der Waals surface area contributed by atoms with Crippen LogP contribution in [0.2, 0.25) is 0 Å². The van der Waals surface area contributed by atoms with Crippen LogP contribution in [0.25, 0.3) is 11.2 Å². The van der Waals surface area contributed by atoms with Gasteiger partial charge in [0.2, 0.25) is 5.95 Å². The maximum absolute atomic E-state index is 12.6. The van der Waals surface area contributed by atoms with Gasteiger partial charge in [-0.2, -0.15) is 4.98 Å². The minimum atomic E-state index is -0.874. The van der Waals surface area contributed by atoms with Crippen LogP contribution in [-0.4, -0.2) is 63.1 Å². The minimum Gasteiger partial charge on any atom is -0.491 e. The molecule has 1 fully saturated rings. The molecule has 10 nitrogen and oxygen atoms in total. The molecule has 1 saturated heterocycles. The molecule has 31 heavy (non-hydrogen) atoms. The number of hydrogen-bond donors (Lipinski definition) is 3. The Morgan fingerprint density at radius 1 is 1.19 bits per heavy atom. The maximum Gasteiger partial charge on any atom is 0.329 e. The van der Waals surface area contributed by atoms with Gasteiger partial charge < -0.3 is 24.6 Å². The first kappa shape index (κ1) is 21.1. The first-order chi connectivity index (χ1) is 15.0. The smallest absolute Gasteiger partial charge is 0.329 e. The predicted molar refractivity (Wildman–Crippen MR) is 118 cm³/mol. The van der Waals surface area contributed by atoms with E-state index < -0.39 is 17.4 Å². The second-order valence-corrected chi connectivity index (χ2v) is 7.71. The van der Waals surface area contributed by atoms with Crippen molar-refractivity contribution in [3.8, 4) is 5.75 Å². The highest BCUT2D eigenvalue weighted by atomic mass is 16.5. The number of aromatic amines is 1. The van der Waals surface area contributed by atoms with E-state index in [1.54, 1.807) is 11.6 Å². The van der Waals surface area contributed by atoms with Gasteiger partial charge in [0.05, 0.1) is 6.54 Å². The predicted octanol–water partition coefficient (Wildman–Crippen LogP) is -0.165. The van der Waals surface area contributed by atoms with E-state index in [4.69, 9.17) is 4.74 Å². The molecular formula is C21H28N6O4. The lowest BCUT2D eigenvalue weighted by Crippen LogP contribution is -2.45. The van der Waals surface area contributed by atoms with Crippen LogP contribution in [-0.2, 0) is 20.0 Å². The number of H-pyrrole nitrogens is 1. The summed E-state index contributed by atoms with van der Waals surface area (Å²) in [4.78, 5) is 33.6. The number of anilines is 1. The van der Waals surface area contributed by atoms with E-state index in [9.17, 15) is 14.7 Å². The van der Waals surface area contributed by atoms with Gasteiger partial charge in [-0.3, -0.25) is 14.3 Å². The standard InChI is InChI=1S/C21H28N6O4/c1-3-14-4-6-16(7-5-14)31-13-15(28)12-27-17-18(25(2)21(30)24-19(17)29)23-20(27)26-10-8-22-9-11-26/h4-7,15,22,28H,3,8-13H2,1-2H3,(H,24,29,30)/t15-/m0/s1. The van der Waals surface area contributed by atoms with Gasteiger partial charge in [0.15, 0.2) is 11.2 Å². The largest absolute Gasteiger partial charge is 0.491 e. The van der Waals surface area contributed by atoms with Crippen molar-refractivity contribution in [2.45, 2.75) is 26.0 Å². The van der Waals surface area contributed by atoms with E-state index in [1.165, 1.54) is 10.1 Å². The van der Waals surface area contributed by atoms with Gasteiger partial charge in [-0.1, -0.05) is 19.1 Å². The van der Waals surface area contributed by atoms with Gasteiger partial charge in [-0.15, -0.1) is 0 Å². The highest BCUT2D eigenvalue weighted by molar-refractivity contribution is 5.74. The molecule has 0 spiro atoms. The molecule has 0 amide bonds. The summed E-state index contributed by atoms with van der Waals surface area (Å²) in [5, 5.41) is 14.0. The molecule has 166 valence electrons. The number of aryl methyl sites for hydroxylation is 2. The molecule has 4 rings (SSSR count). The average Bonchev–Trinajstić information content (AvgIpc) is 3.17. The third-order valence-electron chi connectivity index (χ3n) is 5.55. The fourth-order valence-corrected chi connectivity index (χ4v) is 3.78. The van der Waals surface area contributed by atoms with Gasteiger partial charge in [0, 0.05) is 33.2 Å². The fourth-order valence-electron chi connectivity index (χ4n) is 3.78. The molecule has 10 heteroatoms. The van der Waals surface area contributed by atoms with Gasteiger partial charge in [0.1, 0.15) is 18.5 Å². The SMILES string of the molecule is CCc1ccc(OC[C@@H](O)Cn2c(N3CCNCC3)nc3c2c(=O)[nH]c(=O)n3C)cc1.